The van der Waals surface area contributed by atoms with E-state index in [9.17, 15) is 9.90 Å². The highest BCUT2D eigenvalue weighted by molar-refractivity contribution is 9.10. The summed E-state index contributed by atoms with van der Waals surface area (Å²) in [7, 11) is 1.56. The summed E-state index contributed by atoms with van der Waals surface area (Å²) in [5, 5.41) is 10.0. The monoisotopic (exact) mass is 531 g/mol. The van der Waals surface area contributed by atoms with Crippen LogP contribution in [0.3, 0.4) is 0 Å². The number of hydrogen-bond donors (Lipinski definition) is 1. The number of carbonyl (C=O) groups is 1. The fourth-order valence-corrected chi connectivity index (χ4v) is 5.38. The van der Waals surface area contributed by atoms with Gasteiger partial charge in [0.25, 0.3) is 0 Å². The Hall–Kier alpha value is -2.45. The van der Waals surface area contributed by atoms with Gasteiger partial charge in [0.2, 0.25) is 5.91 Å². The summed E-state index contributed by atoms with van der Waals surface area (Å²) < 4.78 is 11.7. The number of rotatable bonds is 7. The molecule has 2 saturated heterocycles. The molecule has 2 aliphatic heterocycles. The van der Waals surface area contributed by atoms with Crippen LogP contribution in [0.5, 0.6) is 17.2 Å². The zero-order chi connectivity index (χ0) is 24.1. The van der Waals surface area contributed by atoms with Crippen molar-refractivity contribution < 1.29 is 19.4 Å². The molecule has 0 aliphatic carbocycles. The molecular formula is C26H34BrN3O4. The van der Waals surface area contributed by atoms with Gasteiger partial charge in [0, 0.05) is 38.6 Å². The van der Waals surface area contributed by atoms with Crippen molar-refractivity contribution in [3.63, 3.8) is 0 Å². The van der Waals surface area contributed by atoms with Crippen LogP contribution in [0.15, 0.2) is 40.9 Å². The third-order valence-corrected chi connectivity index (χ3v) is 7.35. The minimum Gasteiger partial charge on any atom is -0.503 e. The zero-order valence-corrected chi connectivity index (χ0v) is 21.6. The molecule has 34 heavy (non-hydrogen) atoms. The van der Waals surface area contributed by atoms with Crippen LogP contribution in [-0.4, -0.2) is 73.8 Å². The predicted octanol–water partition coefficient (Wildman–Crippen LogP) is 4.12. The molecule has 0 radical (unpaired) electrons. The van der Waals surface area contributed by atoms with Gasteiger partial charge in [-0.2, -0.15) is 0 Å². The molecule has 0 bridgehead atoms. The van der Waals surface area contributed by atoms with E-state index < -0.39 is 0 Å². The standard InChI is InChI=1S/C26H34BrN3O4/c1-3-34-23-7-5-4-6-22(23)29-12-14-30(15-13-29)26(32)20-8-10-28(11-9-20)18-19-16-21(27)25(31)24(17-19)33-2/h4-7,16-17,20,31H,3,8-15,18H2,1-2H3. The van der Waals surface area contributed by atoms with Gasteiger partial charge >= 0.3 is 0 Å². The van der Waals surface area contributed by atoms with E-state index in [0.717, 1.165) is 75.7 Å². The predicted molar refractivity (Wildman–Crippen MR) is 137 cm³/mol. The molecule has 2 aromatic rings. The highest BCUT2D eigenvalue weighted by Crippen LogP contribution is 2.36. The molecule has 2 aromatic carbocycles. The highest BCUT2D eigenvalue weighted by atomic mass is 79.9. The van der Waals surface area contributed by atoms with Crippen molar-refractivity contribution in [3.05, 3.63) is 46.4 Å². The number of carbonyl (C=O) groups excluding carboxylic acids is 1. The Labute approximate surface area is 210 Å². The number of phenols is 1. The van der Waals surface area contributed by atoms with Gasteiger partial charge in [0.1, 0.15) is 5.75 Å². The van der Waals surface area contributed by atoms with E-state index in [1.165, 1.54) is 0 Å². The maximum atomic E-state index is 13.2. The van der Waals surface area contributed by atoms with Crippen molar-refractivity contribution in [3.8, 4) is 17.2 Å². The summed E-state index contributed by atoms with van der Waals surface area (Å²) in [5.74, 6) is 1.90. The number of amides is 1. The first-order valence-electron chi connectivity index (χ1n) is 12.0. The molecule has 1 amide bonds. The van der Waals surface area contributed by atoms with E-state index >= 15 is 0 Å². The fraction of sp³-hybridized carbons (Fsp3) is 0.500. The molecule has 8 heteroatoms. The number of phenolic OH excluding ortho intramolecular Hbond substituents is 1. The quantitative estimate of drug-likeness (QED) is 0.579. The summed E-state index contributed by atoms with van der Waals surface area (Å²) in [6.45, 7) is 8.34. The first-order chi connectivity index (χ1) is 16.5. The number of anilines is 1. The van der Waals surface area contributed by atoms with Gasteiger partial charge in [-0.3, -0.25) is 9.69 Å². The van der Waals surface area contributed by atoms with Crippen molar-refractivity contribution in [1.82, 2.24) is 9.80 Å². The van der Waals surface area contributed by atoms with Gasteiger partial charge in [0.05, 0.1) is 23.9 Å². The Kier molecular flexibility index (Phi) is 8.21. The normalized spacial score (nSPS) is 17.6. The highest BCUT2D eigenvalue weighted by Gasteiger charge is 2.31. The van der Waals surface area contributed by atoms with Gasteiger partial charge in [-0.05, 0) is 78.6 Å². The summed E-state index contributed by atoms with van der Waals surface area (Å²) in [6.07, 6.45) is 1.76. The van der Waals surface area contributed by atoms with Crippen molar-refractivity contribution in [2.45, 2.75) is 26.3 Å². The first kappa shape index (κ1) is 24.7. The fourth-order valence-electron chi connectivity index (χ4n) is 4.89. The molecule has 0 saturated carbocycles. The minimum atomic E-state index is 0.0969. The van der Waals surface area contributed by atoms with E-state index in [1.807, 2.05) is 42.2 Å². The van der Waals surface area contributed by atoms with Crippen molar-refractivity contribution >= 4 is 27.5 Å². The number of benzene rings is 2. The molecule has 2 aliphatic rings. The Bertz CT molecular complexity index is 986. The molecule has 0 unspecified atom stereocenters. The van der Waals surface area contributed by atoms with E-state index in [0.29, 0.717) is 22.7 Å². The van der Waals surface area contributed by atoms with Crippen LogP contribution in [0.1, 0.15) is 25.3 Å². The van der Waals surface area contributed by atoms with E-state index in [4.69, 9.17) is 9.47 Å². The summed E-state index contributed by atoms with van der Waals surface area (Å²) in [4.78, 5) is 19.9. The lowest BCUT2D eigenvalue weighted by Gasteiger charge is -2.39. The lowest BCUT2D eigenvalue weighted by molar-refractivity contribution is -0.137. The number of methoxy groups -OCH3 is 1. The minimum absolute atomic E-state index is 0.0969. The average Bonchev–Trinajstić information content (AvgIpc) is 2.87. The second-order valence-corrected chi connectivity index (χ2v) is 9.75. The van der Waals surface area contributed by atoms with E-state index in [1.54, 1.807) is 7.11 Å². The number of halogens is 1. The van der Waals surface area contributed by atoms with Gasteiger partial charge in [0.15, 0.2) is 11.5 Å². The Balaban J connectivity index is 1.27. The van der Waals surface area contributed by atoms with Crippen LogP contribution in [0.4, 0.5) is 5.69 Å². The number of para-hydroxylation sites is 2. The van der Waals surface area contributed by atoms with Crippen LogP contribution in [0.25, 0.3) is 0 Å². The van der Waals surface area contributed by atoms with Gasteiger partial charge < -0.3 is 24.4 Å². The average molecular weight is 532 g/mol. The molecule has 2 heterocycles. The largest absolute Gasteiger partial charge is 0.503 e. The molecule has 1 N–H and O–H groups in total. The molecule has 4 rings (SSSR count). The SMILES string of the molecule is CCOc1ccccc1N1CCN(C(=O)C2CCN(Cc3cc(Br)c(O)c(OC)c3)CC2)CC1. The molecule has 7 nitrogen and oxygen atoms in total. The van der Waals surface area contributed by atoms with Crippen LogP contribution in [0, 0.1) is 5.92 Å². The summed E-state index contributed by atoms with van der Waals surface area (Å²) >= 11 is 3.40. The summed E-state index contributed by atoms with van der Waals surface area (Å²) in [5.41, 5.74) is 2.19. The molecule has 0 atom stereocenters. The molecule has 2 fully saturated rings. The number of hydrogen-bond acceptors (Lipinski definition) is 6. The smallest absolute Gasteiger partial charge is 0.225 e. The first-order valence-corrected chi connectivity index (χ1v) is 12.8. The van der Waals surface area contributed by atoms with Crippen LogP contribution >= 0.6 is 15.9 Å². The zero-order valence-electron chi connectivity index (χ0n) is 20.0. The third kappa shape index (κ3) is 5.61. The number of ether oxygens (including phenoxy) is 2. The second kappa shape index (κ2) is 11.3. The Morgan fingerprint density at radius 1 is 1.06 bits per heavy atom. The van der Waals surface area contributed by atoms with Crippen molar-refractivity contribution in [2.75, 3.05) is 57.9 Å². The summed E-state index contributed by atoms with van der Waals surface area (Å²) in [6, 6.07) is 11.9. The number of likely N-dealkylation sites (tertiary alicyclic amines) is 1. The molecule has 0 aromatic heterocycles. The maximum Gasteiger partial charge on any atom is 0.225 e. The van der Waals surface area contributed by atoms with Crippen molar-refractivity contribution in [1.29, 1.82) is 0 Å². The van der Waals surface area contributed by atoms with Gasteiger partial charge in [-0.1, -0.05) is 12.1 Å². The van der Waals surface area contributed by atoms with E-state index in [2.05, 4.69) is 31.8 Å². The lowest BCUT2D eigenvalue weighted by atomic mass is 9.94. The number of aromatic hydroxyl groups is 1. The van der Waals surface area contributed by atoms with Crippen LogP contribution < -0.4 is 14.4 Å². The van der Waals surface area contributed by atoms with Gasteiger partial charge in [-0.25, -0.2) is 0 Å². The lowest BCUT2D eigenvalue weighted by Crippen LogP contribution is -2.51. The number of piperidine rings is 1. The van der Waals surface area contributed by atoms with E-state index in [-0.39, 0.29) is 11.7 Å². The molecular weight excluding hydrogens is 498 g/mol. The number of nitrogens with zero attached hydrogens (tertiary/aromatic N) is 3. The van der Waals surface area contributed by atoms with Crippen LogP contribution in [-0.2, 0) is 11.3 Å². The number of piperazine rings is 1. The van der Waals surface area contributed by atoms with Crippen molar-refractivity contribution in [2.24, 2.45) is 5.92 Å². The second-order valence-electron chi connectivity index (χ2n) is 8.89. The molecule has 184 valence electrons. The van der Waals surface area contributed by atoms with Crippen LogP contribution in [0.2, 0.25) is 0 Å². The Morgan fingerprint density at radius 3 is 2.44 bits per heavy atom. The topological polar surface area (TPSA) is 65.5 Å². The third-order valence-electron chi connectivity index (χ3n) is 6.75. The molecule has 0 spiro atoms. The van der Waals surface area contributed by atoms with Gasteiger partial charge in [-0.15, -0.1) is 0 Å². The Morgan fingerprint density at radius 2 is 1.76 bits per heavy atom. The maximum absolute atomic E-state index is 13.2.